The van der Waals surface area contributed by atoms with Crippen LogP contribution in [0.15, 0.2) is 60.1 Å². The minimum atomic E-state index is 0.714. The fourth-order valence-corrected chi connectivity index (χ4v) is 3.50. The molecule has 0 N–H and O–H groups in total. The van der Waals surface area contributed by atoms with Gasteiger partial charge in [0.15, 0.2) is 0 Å². The molecule has 22 heavy (non-hydrogen) atoms. The molecule has 0 saturated carbocycles. The van der Waals surface area contributed by atoms with Crippen LogP contribution in [0.1, 0.15) is 5.69 Å². The van der Waals surface area contributed by atoms with Crippen molar-refractivity contribution < 1.29 is 4.74 Å². The number of benzene rings is 1. The molecule has 0 saturated heterocycles. The van der Waals surface area contributed by atoms with Crippen LogP contribution in [0.4, 0.5) is 0 Å². The number of aromatic nitrogens is 2. The summed E-state index contributed by atoms with van der Waals surface area (Å²) in [4.78, 5) is 8.96. The highest BCUT2D eigenvalue weighted by molar-refractivity contribution is 7.98. The molecule has 5 heteroatoms. The van der Waals surface area contributed by atoms with Crippen molar-refractivity contribution in [2.75, 3.05) is 12.4 Å². The lowest BCUT2D eigenvalue weighted by atomic mass is 10.3. The van der Waals surface area contributed by atoms with Gasteiger partial charge >= 0.3 is 0 Å². The zero-order valence-electron chi connectivity index (χ0n) is 12.0. The summed E-state index contributed by atoms with van der Waals surface area (Å²) >= 11 is 3.48. The molecule has 3 nitrogen and oxygen atoms in total. The summed E-state index contributed by atoms with van der Waals surface area (Å²) in [5.41, 5.74) is 2.05. The van der Waals surface area contributed by atoms with Gasteiger partial charge in [0, 0.05) is 23.1 Å². The summed E-state index contributed by atoms with van der Waals surface area (Å²) in [6.45, 7) is 0.714. The lowest BCUT2D eigenvalue weighted by molar-refractivity contribution is 0.344. The Morgan fingerprint density at radius 2 is 1.91 bits per heavy atom. The number of ether oxygens (including phenoxy) is 1. The summed E-state index contributed by atoms with van der Waals surface area (Å²) in [5, 5.41) is 3.09. The van der Waals surface area contributed by atoms with Crippen LogP contribution in [0.2, 0.25) is 0 Å². The molecule has 0 fully saturated rings. The quantitative estimate of drug-likeness (QED) is 0.597. The van der Waals surface area contributed by atoms with E-state index in [1.54, 1.807) is 17.5 Å². The van der Waals surface area contributed by atoms with Gasteiger partial charge < -0.3 is 4.74 Å². The maximum atomic E-state index is 5.67. The van der Waals surface area contributed by atoms with Gasteiger partial charge in [-0.1, -0.05) is 24.3 Å². The molecule has 2 aromatic heterocycles. The number of rotatable bonds is 7. The van der Waals surface area contributed by atoms with Crippen LogP contribution in [0.5, 0.6) is 5.75 Å². The van der Waals surface area contributed by atoms with Gasteiger partial charge in [0.05, 0.1) is 18.0 Å². The summed E-state index contributed by atoms with van der Waals surface area (Å²) < 4.78 is 5.67. The average Bonchev–Trinajstić information content (AvgIpc) is 3.05. The standard InChI is InChI=1S/C17H16N2OS2/c1-2-6-15(7-3-1)20-10-11-21-12-14-13-22-17(19-14)16-8-4-5-9-18-16/h1-9,13H,10-12H2. The Hall–Kier alpha value is -1.85. The first kappa shape index (κ1) is 15.1. The second-order valence-corrected chi connectivity index (χ2v) is 6.54. The minimum absolute atomic E-state index is 0.714. The third kappa shape index (κ3) is 4.32. The highest BCUT2D eigenvalue weighted by Crippen LogP contribution is 2.23. The summed E-state index contributed by atoms with van der Waals surface area (Å²) in [6, 6.07) is 15.8. The Morgan fingerprint density at radius 1 is 1.05 bits per heavy atom. The van der Waals surface area contributed by atoms with Crippen LogP contribution in [0.25, 0.3) is 10.7 Å². The normalized spacial score (nSPS) is 10.5. The maximum absolute atomic E-state index is 5.67. The number of thioether (sulfide) groups is 1. The number of nitrogens with zero attached hydrogens (tertiary/aromatic N) is 2. The van der Waals surface area contributed by atoms with Crippen molar-refractivity contribution in [2.24, 2.45) is 0 Å². The molecule has 1 aromatic carbocycles. The lowest BCUT2D eigenvalue weighted by Gasteiger charge is -2.04. The molecule has 0 aliphatic carbocycles. The molecule has 0 bridgehead atoms. The van der Waals surface area contributed by atoms with E-state index in [0.29, 0.717) is 6.61 Å². The van der Waals surface area contributed by atoms with Gasteiger partial charge in [0.25, 0.3) is 0 Å². The largest absolute Gasteiger partial charge is 0.493 e. The molecule has 0 radical (unpaired) electrons. The van der Waals surface area contributed by atoms with Gasteiger partial charge in [-0.25, -0.2) is 4.98 Å². The maximum Gasteiger partial charge on any atom is 0.142 e. The first-order valence-electron chi connectivity index (χ1n) is 7.03. The molecule has 0 amide bonds. The Kier molecular flexibility index (Phi) is 5.45. The van der Waals surface area contributed by atoms with Gasteiger partial charge in [-0.3, -0.25) is 4.98 Å². The average molecular weight is 328 g/mol. The number of thiazole rings is 1. The summed E-state index contributed by atoms with van der Waals surface area (Å²) in [5.74, 6) is 2.78. The SMILES string of the molecule is c1ccc(OCCSCc2csc(-c3ccccn3)n2)cc1. The van der Waals surface area contributed by atoms with Gasteiger partial charge in [-0.05, 0) is 24.3 Å². The molecular formula is C17H16N2OS2. The van der Waals surface area contributed by atoms with E-state index in [0.717, 1.165) is 33.7 Å². The van der Waals surface area contributed by atoms with E-state index < -0.39 is 0 Å². The van der Waals surface area contributed by atoms with Crippen molar-refractivity contribution in [3.8, 4) is 16.5 Å². The van der Waals surface area contributed by atoms with Crippen molar-refractivity contribution in [3.63, 3.8) is 0 Å². The molecule has 2 heterocycles. The van der Waals surface area contributed by atoms with Crippen LogP contribution in [-0.2, 0) is 5.75 Å². The molecule has 112 valence electrons. The minimum Gasteiger partial charge on any atom is -0.493 e. The number of para-hydroxylation sites is 1. The van der Waals surface area contributed by atoms with E-state index in [1.165, 1.54) is 0 Å². The van der Waals surface area contributed by atoms with Crippen molar-refractivity contribution in [1.82, 2.24) is 9.97 Å². The van der Waals surface area contributed by atoms with E-state index in [2.05, 4.69) is 15.3 Å². The van der Waals surface area contributed by atoms with Gasteiger partial charge in [0.1, 0.15) is 10.8 Å². The molecule has 0 spiro atoms. The van der Waals surface area contributed by atoms with Crippen molar-refractivity contribution >= 4 is 23.1 Å². The van der Waals surface area contributed by atoms with E-state index >= 15 is 0 Å². The van der Waals surface area contributed by atoms with Crippen LogP contribution >= 0.6 is 23.1 Å². The van der Waals surface area contributed by atoms with E-state index in [9.17, 15) is 0 Å². The zero-order valence-corrected chi connectivity index (χ0v) is 13.6. The van der Waals surface area contributed by atoms with Crippen molar-refractivity contribution in [3.05, 3.63) is 65.8 Å². The van der Waals surface area contributed by atoms with Crippen LogP contribution in [-0.4, -0.2) is 22.3 Å². The highest BCUT2D eigenvalue weighted by Gasteiger charge is 2.05. The second kappa shape index (κ2) is 7.96. The van der Waals surface area contributed by atoms with Crippen LogP contribution < -0.4 is 4.74 Å². The van der Waals surface area contributed by atoms with Crippen molar-refractivity contribution in [2.45, 2.75) is 5.75 Å². The number of hydrogen-bond acceptors (Lipinski definition) is 5. The Balaban J connectivity index is 1.42. The van der Waals surface area contributed by atoms with Crippen molar-refractivity contribution in [1.29, 1.82) is 0 Å². The van der Waals surface area contributed by atoms with E-state index in [4.69, 9.17) is 4.74 Å². The van der Waals surface area contributed by atoms with Gasteiger partial charge in [0.2, 0.25) is 0 Å². The highest BCUT2D eigenvalue weighted by atomic mass is 32.2. The third-order valence-electron chi connectivity index (χ3n) is 2.93. The Morgan fingerprint density at radius 3 is 2.73 bits per heavy atom. The number of hydrogen-bond donors (Lipinski definition) is 0. The fourth-order valence-electron chi connectivity index (χ4n) is 1.89. The molecule has 0 atom stereocenters. The zero-order chi connectivity index (χ0) is 15.0. The first-order valence-corrected chi connectivity index (χ1v) is 9.06. The summed E-state index contributed by atoms with van der Waals surface area (Å²) in [6.07, 6.45) is 1.80. The predicted octanol–water partition coefficient (Wildman–Crippen LogP) is 4.52. The van der Waals surface area contributed by atoms with Gasteiger partial charge in [-0.15, -0.1) is 11.3 Å². The second-order valence-electron chi connectivity index (χ2n) is 4.57. The van der Waals surface area contributed by atoms with E-state index in [1.807, 2.05) is 60.3 Å². The molecule has 3 aromatic rings. The molecule has 3 rings (SSSR count). The predicted molar refractivity (Wildman–Crippen MR) is 93.4 cm³/mol. The smallest absolute Gasteiger partial charge is 0.142 e. The van der Waals surface area contributed by atoms with E-state index in [-0.39, 0.29) is 0 Å². The Bertz CT molecular complexity index is 686. The monoisotopic (exact) mass is 328 g/mol. The van der Waals surface area contributed by atoms with Crippen LogP contribution in [0.3, 0.4) is 0 Å². The fraction of sp³-hybridized carbons (Fsp3) is 0.176. The number of pyridine rings is 1. The van der Waals surface area contributed by atoms with Gasteiger partial charge in [-0.2, -0.15) is 11.8 Å². The molecule has 0 unspecified atom stereocenters. The first-order chi connectivity index (χ1) is 10.9. The Labute approximate surface area is 138 Å². The molecule has 0 aliphatic rings. The third-order valence-corrected chi connectivity index (χ3v) is 4.79. The topological polar surface area (TPSA) is 35.0 Å². The molecule has 0 aliphatic heterocycles. The lowest BCUT2D eigenvalue weighted by Crippen LogP contribution is -2.00. The van der Waals surface area contributed by atoms with Crippen LogP contribution in [0, 0.1) is 0 Å². The molecular weight excluding hydrogens is 312 g/mol. The summed E-state index contributed by atoms with van der Waals surface area (Å²) in [7, 11) is 0.